The molecule has 0 aliphatic rings. The number of methoxy groups -OCH3 is 1. The fourth-order valence-corrected chi connectivity index (χ4v) is 1.92. The Morgan fingerprint density at radius 3 is 2.52 bits per heavy atom. The topological polar surface area (TPSA) is 78.8 Å². The number of rotatable bonds is 5. The van der Waals surface area contributed by atoms with Gasteiger partial charge < -0.3 is 20.3 Å². The fraction of sp³-hybridized carbons (Fsp3) is 0.188. The highest BCUT2D eigenvalue weighted by Gasteiger charge is 2.13. The molecule has 5 nitrogen and oxygen atoms in total. The zero-order valence-electron chi connectivity index (χ0n) is 11.7. The molecule has 0 saturated heterocycles. The van der Waals surface area contributed by atoms with E-state index in [1.807, 2.05) is 24.3 Å². The van der Waals surface area contributed by atoms with E-state index in [1.54, 1.807) is 7.11 Å². The van der Waals surface area contributed by atoms with Gasteiger partial charge >= 0.3 is 0 Å². The molecule has 1 amide bonds. The van der Waals surface area contributed by atoms with Gasteiger partial charge in [-0.3, -0.25) is 4.79 Å². The highest BCUT2D eigenvalue weighted by Crippen LogP contribution is 2.27. The van der Waals surface area contributed by atoms with Crippen molar-refractivity contribution >= 4 is 5.91 Å². The molecule has 21 heavy (non-hydrogen) atoms. The van der Waals surface area contributed by atoms with Crippen molar-refractivity contribution in [2.75, 3.05) is 13.7 Å². The number of ether oxygens (including phenoxy) is 1. The Kier molecular flexibility index (Phi) is 4.66. The molecule has 0 aliphatic carbocycles. The Morgan fingerprint density at radius 2 is 1.86 bits per heavy atom. The summed E-state index contributed by atoms with van der Waals surface area (Å²) < 4.78 is 5.07. The Bertz CT molecular complexity index is 623. The van der Waals surface area contributed by atoms with Crippen LogP contribution in [0.5, 0.6) is 17.2 Å². The molecule has 3 N–H and O–H groups in total. The lowest BCUT2D eigenvalue weighted by Crippen LogP contribution is -2.25. The van der Waals surface area contributed by atoms with Crippen molar-refractivity contribution in [2.45, 2.75) is 6.42 Å². The maximum atomic E-state index is 11.9. The maximum absolute atomic E-state index is 11.9. The van der Waals surface area contributed by atoms with E-state index in [2.05, 4.69) is 5.32 Å². The van der Waals surface area contributed by atoms with Crippen LogP contribution in [0, 0.1) is 0 Å². The van der Waals surface area contributed by atoms with Gasteiger partial charge in [0, 0.05) is 6.54 Å². The number of carbonyl (C=O) groups excluding carboxylic acids is 1. The number of nitrogens with one attached hydrogen (secondary N) is 1. The van der Waals surface area contributed by atoms with Crippen LogP contribution in [0.3, 0.4) is 0 Å². The molecule has 0 unspecified atom stereocenters. The van der Waals surface area contributed by atoms with Crippen molar-refractivity contribution in [2.24, 2.45) is 0 Å². The van der Waals surface area contributed by atoms with Crippen molar-refractivity contribution in [3.63, 3.8) is 0 Å². The molecule has 0 spiro atoms. The van der Waals surface area contributed by atoms with Gasteiger partial charge in [-0.15, -0.1) is 0 Å². The van der Waals surface area contributed by atoms with Gasteiger partial charge in [-0.05, 0) is 36.2 Å². The molecule has 2 aromatic carbocycles. The summed E-state index contributed by atoms with van der Waals surface area (Å²) >= 11 is 0. The summed E-state index contributed by atoms with van der Waals surface area (Å²) in [6.45, 7) is 0.431. The quantitative estimate of drug-likeness (QED) is 0.736. The van der Waals surface area contributed by atoms with Crippen LogP contribution < -0.4 is 10.1 Å². The molecule has 0 saturated carbocycles. The van der Waals surface area contributed by atoms with Crippen LogP contribution in [0.15, 0.2) is 42.5 Å². The van der Waals surface area contributed by atoms with Gasteiger partial charge in [-0.2, -0.15) is 0 Å². The van der Waals surface area contributed by atoms with Crippen LogP contribution in [0.1, 0.15) is 15.9 Å². The van der Waals surface area contributed by atoms with E-state index in [-0.39, 0.29) is 11.3 Å². The smallest absolute Gasteiger partial charge is 0.255 e. The lowest BCUT2D eigenvalue weighted by Gasteiger charge is -2.08. The Morgan fingerprint density at radius 1 is 1.14 bits per heavy atom. The number of aromatic hydroxyl groups is 2. The van der Waals surface area contributed by atoms with E-state index in [9.17, 15) is 15.0 Å². The minimum atomic E-state index is -0.420. The van der Waals surface area contributed by atoms with Gasteiger partial charge in [-0.1, -0.05) is 18.2 Å². The number of phenolic OH excluding ortho intramolecular Hbond substituents is 2. The Hall–Kier alpha value is -2.69. The van der Waals surface area contributed by atoms with Gasteiger partial charge in [0.15, 0.2) is 11.5 Å². The normalized spacial score (nSPS) is 10.1. The molecule has 110 valence electrons. The molecule has 0 aliphatic heterocycles. The van der Waals surface area contributed by atoms with Crippen LogP contribution in [0.2, 0.25) is 0 Å². The number of para-hydroxylation sites is 1. The molecule has 0 bridgehead atoms. The first-order chi connectivity index (χ1) is 10.1. The molecule has 0 radical (unpaired) electrons. The number of hydrogen-bond acceptors (Lipinski definition) is 4. The molecule has 2 aromatic rings. The van der Waals surface area contributed by atoms with Crippen LogP contribution in [0.25, 0.3) is 0 Å². The van der Waals surface area contributed by atoms with E-state index >= 15 is 0 Å². The Balaban J connectivity index is 1.90. The predicted molar refractivity (Wildman–Crippen MR) is 78.8 cm³/mol. The second kappa shape index (κ2) is 6.65. The summed E-state index contributed by atoms with van der Waals surface area (Å²) in [6.07, 6.45) is 0.662. The molecule has 0 atom stereocenters. The molecular formula is C16H17NO4. The molecule has 5 heteroatoms. The van der Waals surface area contributed by atoms with Gasteiger partial charge in [0.25, 0.3) is 5.91 Å². The number of amides is 1. The summed E-state index contributed by atoms with van der Waals surface area (Å²) in [7, 11) is 1.61. The first-order valence-electron chi connectivity index (χ1n) is 6.54. The van der Waals surface area contributed by atoms with E-state index < -0.39 is 11.7 Å². The lowest BCUT2D eigenvalue weighted by molar-refractivity contribution is 0.0951. The van der Waals surface area contributed by atoms with Crippen LogP contribution in [0.4, 0.5) is 0 Å². The van der Waals surface area contributed by atoms with E-state index in [4.69, 9.17) is 4.74 Å². The third-order valence-electron chi connectivity index (χ3n) is 3.12. The highest BCUT2D eigenvalue weighted by molar-refractivity contribution is 5.97. The van der Waals surface area contributed by atoms with Crippen LogP contribution >= 0.6 is 0 Å². The van der Waals surface area contributed by atoms with Crippen molar-refractivity contribution in [3.8, 4) is 17.2 Å². The number of phenols is 2. The van der Waals surface area contributed by atoms with Gasteiger partial charge in [0.05, 0.1) is 12.7 Å². The third-order valence-corrected chi connectivity index (χ3v) is 3.12. The van der Waals surface area contributed by atoms with Gasteiger partial charge in [0.2, 0.25) is 0 Å². The lowest BCUT2D eigenvalue weighted by atomic mass is 10.1. The zero-order chi connectivity index (χ0) is 15.2. The summed E-state index contributed by atoms with van der Waals surface area (Å²) in [5, 5.41) is 21.7. The van der Waals surface area contributed by atoms with Crippen molar-refractivity contribution in [1.29, 1.82) is 0 Å². The van der Waals surface area contributed by atoms with Crippen LogP contribution in [-0.4, -0.2) is 29.8 Å². The van der Waals surface area contributed by atoms with Gasteiger partial charge in [0.1, 0.15) is 5.75 Å². The molecule has 2 rings (SSSR count). The maximum Gasteiger partial charge on any atom is 0.255 e. The molecular weight excluding hydrogens is 270 g/mol. The average Bonchev–Trinajstić information content (AvgIpc) is 2.50. The predicted octanol–water partition coefficient (Wildman–Crippen LogP) is 2.08. The minimum absolute atomic E-state index is 0.0599. The highest BCUT2D eigenvalue weighted by atomic mass is 16.5. The summed E-state index contributed by atoms with van der Waals surface area (Å²) in [6, 6.07) is 11.9. The second-order valence-electron chi connectivity index (χ2n) is 4.53. The van der Waals surface area contributed by atoms with E-state index in [0.717, 1.165) is 11.3 Å². The van der Waals surface area contributed by atoms with Crippen LogP contribution in [-0.2, 0) is 6.42 Å². The molecule has 0 heterocycles. The van der Waals surface area contributed by atoms with Gasteiger partial charge in [-0.25, -0.2) is 0 Å². The largest absolute Gasteiger partial charge is 0.504 e. The number of hydrogen-bond donors (Lipinski definition) is 3. The summed E-state index contributed by atoms with van der Waals surface area (Å²) in [5.74, 6) is -0.346. The number of benzene rings is 2. The van der Waals surface area contributed by atoms with Crippen molar-refractivity contribution in [1.82, 2.24) is 5.32 Å². The zero-order valence-corrected chi connectivity index (χ0v) is 11.7. The number of carbonyl (C=O) groups is 1. The monoisotopic (exact) mass is 287 g/mol. The van der Waals surface area contributed by atoms with E-state index in [1.165, 1.54) is 18.2 Å². The fourth-order valence-electron chi connectivity index (χ4n) is 1.92. The molecule has 0 aromatic heterocycles. The second-order valence-corrected chi connectivity index (χ2v) is 4.53. The van der Waals surface area contributed by atoms with Crippen molar-refractivity contribution in [3.05, 3.63) is 53.6 Å². The molecule has 0 fully saturated rings. The van der Waals surface area contributed by atoms with Crippen molar-refractivity contribution < 1.29 is 19.7 Å². The van der Waals surface area contributed by atoms with E-state index in [0.29, 0.717) is 13.0 Å². The standard InChI is InChI=1S/C16H17NO4/c1-21-12-7-5-11(6-8-12)9-10-17-16(20)13-3-2-4-14(18)15(13)19/h2-8,18-19H,9-10H2,1H3,(H,17,20). The first-order valence-corrected chi connectivity index (χ1v) is 6.54. The summed E-state index contributed by atoms with van der Waals surface area (Å²) in [5.41, 5.74) is 1.13. The first kappa shape index (κ1) is 14.7. The summed E-state index contributed by atoms with van der Waals surface area (Å²) in [4.78, 5) is 11.9. The SMILES string of the molecule is COc1ccc(CCNC(=O)c2cccc(O)c2O)cc1. The third kappa shape index (κ3) is 3.66. The minimum Gasteiger partial charge on any atom is -0.504 e. The average molecular weight is 287 g/mol. The Labute approximate surface area is 122 Å².